The first-order valence-corrected chi connectivity index (χ1v) is 5.43. The average Bonchev–Trinajstić information content (AvgIpc) is 2.91. The minimum atomic E-state index is -0.839. The number of terminal acetylenes is 1. The molecule has 8 nitrogen and oxygen atoms in total. The highest BCUT2D eigenvalue weighted by Gasteiger charge is 2.19. The second-order valence-corrected chi connectivity index (χ2v) is 4.09. The van der Waals surface area contributed by atoms with Crippen LogP contribution in [0.4, 0.5) is 5.95 Å². The summed E-state index contributed by atoms with van der Waals surface area (Å²) in [6.45, 7) is 3.44. The molecule has 0 atom stereocenters. The van der Waals surface area contributed by atoms with Gasteiger partial charge in [-0.1, -0.05) is 5.92 Å². The van der Waals surface area contributed by atoms with Crippen molar-refractivity contribution >= 4 is 5.95 Å². The molecule has 8 heteroatoms. The van der Waals surface area contributed by atoms with Gasteiger partial charge in [0.05, 0.1) is 0 Å². The highest BCUT2D eigenvalue weighted by atomic mass is 16.5. The molecule has 0 aliphatic carbocycles. The predicted octanol–water partition coefficient (Wildman–Crippen LogP) is 0.133. The summed E-state index contributed by atoms with van der Waals surface area (Å²) >= 11 is 0. The number of nitrogens with one attached hydrogen (secondary N) is 1. The maximum absolute atomic E-state index is 5.50. The van der Waals surface area contributed by atoms with Crippen molar-refractivity contribution in [1.29, 1.82) is 0 Å². The topological polar surface area (TPSA) is 104 Å². The third-order valence-corrected chi connectivity index (χ3v) is 2.14. The SMILES string of the molecule is C#CC(C)(C)Oc1nc(NN)nc(-n2cccn2)n1. The van der Waals surface area contributed by atoms with Crippen LogP contribution < -0.4 is 16.0 Å². The molecule has 0 aromatic carbocycles. The fraction of sp³-hybridized carbons (Fsp3) is 0.273. The van der Waals surface area contributed by atoms with Crippen LogP contribution >= 0.6 is 0 Å². The van der Waals surface area contributed by atoms with Gasteiger partial charge in [0.25, 0.3) is 5.95 Å². The highest BCUT2D eigenvalue weighted by molar-refractivity contribution is 5.28. The van der Waals surface area contributed by atoms with Gasteiger partial charge in [-0.3, -0.25) is 5.43 Å². The summed E-state index contributed by atoms with van der Waals surface area (Å²) < 4.78 is 6.95. The Bertz CT molecular complexity index is 600. The molecule has 2 rings (SSSR count). The van der Waals surface area contributed by atoms with Crippen LogP contribution in [0.1, 0.15) is 13.8 Å². The van der Waals surface area contributed by atoms with Crippen molar-refractivity contribution in [1.82, 2.24) is 24.7 Å². The Balaban J connectivity index is 2.40. The molecule has 0 radical (unpaired) electrons. The summed E-state index contributed by atoms with van der Waals surface area (Å²) in [5, 5.41) is 4.02. The van der Waals surface area contributed by atoms with Crippen LogP contribution in [0.25, 0.3) is 5.95 Å². The van der Waals surface area contributed by atoms with Gasteiger partial charge in [-0.05, 0) is 19.9 Å². The minimum absolute atomic E-state index is 0.0661. The van der Waals surface area contributed by atoms with E-state index in [4.69, 9.17) is 17.0 Å². The monoisotopic (exact) mass is 259 g/mol. The quantitative estimate of drug-likeness (QED) is 0.457. The summed E-state index contributed by atoms with van der Waals surface area (Å²) in [5.74, 6) is 8.22. The fourth-order valence-corrected chi connectivity index (χ4v) is 1.20. The van der Waals surface area contributed by atoms with Crippen LogP contribution in [0, 0.1) is 12.3 Å². The van der Waals surface area contributed by atoms with Crippen molar-refractivity contribution in [2.24, 2.45) is 5.84 Å². The minimum Gasteiger partial charge on any atom is -0.444 e. The van der Waals surface area contributed by atoms with Crippen LogP contribution in [-0.4, -0.2) is 30.3 Å². The molecule has 2 aromatic rings. The standard InChI is InChI=1S/C11H13N7O/c1-4-11(2,3)19-10-15-8(17-12)14-9(16-10)18-7-5-6-13-18/h1,5-7H,12H2,2-3H3,(H,14,15,16,17). The Morgan fingerprint density at radius 2 is 2.21 bits per heavy atom. The molecular formula is C11H13N7O. The van der Waals surface area contributed by atoms with Crippen LogP contribution in [0.5, 0.6) is 6.01 Å². The molecule has 3 N–H and O–H groups in total. The lowest BCUT2D eigenvalue weighted by atomic mass is 10.2. The van der Waals surface area contributed by atoms with E-state index >= 15 is 0 Å². The lowest BCUT2D eigenvalue weighted by Crippen LogP contribution is -2.27. The van der Waals surface area contributed by atoms with Gasteiger partial charge in [-0.25, -0.2) is 10.5 Å². The van der Waals surface area contributed by atoms with E-state index in [9.17, 15) is 0 Å². The number of hydrogen-bond donors (Lipinski definition) is 2. The summed E-state index contributed by atoms with van der Waals surface area (Å²) in [7, 11) is 0. The number of ether oxygens (including phenoxy) is 1. The number of nitrogen functional groups attached to an aromatic ring is 1. The Kier molecular flexibility index (Phi) is 3.31. The van der Waals surface area contributed by atoms with E-state index in [1.54, 1.807) is 32.3 Å². The number of aromatic nitrogens is 5. The number of hydrazine groups is 1. The van der Waals surface area contributed by atoms with Crippen molar-refractivity contribution in [3.05, 3.63) is 18.5 Å². The van der Waals surface area contributed by atoms with E-state index in [1.165, 1.54) is 4.68 Å². The molecule has 0 saturated heterocycles. The zero-order valence-electron chi connectivity index (χ0n) is 10.5. The van der Waals surface area contributed by atoms with Crippen molar-refractivity contribution < 1.29 is 4.74 Å². The van der Waals surface area contributed by atoms with Crippen LogP contribution in [0.15, 0.2) is 18.5 Å². The maximum Gasteiger partial charge on any atom is 0.324 e. The van der Waals surface area contributed by atoms with Crippen molar-refractivity contribution in [2.45, 2.75) is 19.4 Å². The molecular weight excluding hydrogens is 246 g/mol. The summed E-state index contributed by atoms with van der Waals surface area (Å²) in [5.41, 5.74) is 1.50. The largest absolute Gasteiger partial charge is 0.444 e. The van der Waals surface area contributed by atoms with E-state index in [0.29, 0.717) is 0 Å². The number of anilines is 1. The van der Waals surface area contributed by atoms with Crippen molar-refractivity contribution in [2.75, 3.05) is 5.43 Å². The molecule has 0 spiro atoms. The van der Waals surface area contributed by atoms with E-state index in [2.05, 4.69) is 31.4 Å². The molecule has 0 aliphatic rings. The summed E-state index contributed by atoms with van der Waals surface area (Å²) in [6.07, 6.45) is 8.64. The van der Waals surface area contributed by atoms with E-state index in [0.717, 1.165) is 0 Å². The molecule has 2 aromatic heterocycles. The highest BCUT2D eigenvalue weighted by Crippen LogP contribution is 2.15. The van der Waals surface area contributed by atoms with Gasteiger partial charge in [-0.2, -0.15) is 20.1 Å². The number of hydrogen-bond acceptors (Lipinski definition) is 7. The van der Waals surface area contributed by atoms with E-state index in [1.807, 2.05) is 0 Å². The second kappa shape index (κ2) is 4.91. The van der Waals surface area contributed by atoms with Gasteiger partial charge in [0.1, 0.15) is 0 Å². The third-order valence-electron chi connectivity index (χ3n) is 2.14. The molecule has 0 bridgehead atoms. The number of rotatable bonds is 4. The van der Waals surface area contributed by atoms with Crippen molar-refractivity contribution in [3.63, 3.8) is 0 Å². The first-order chi connectivity index (χ1) is 9.04. The Morgan fingerprint density at radius 1 is 1.42 bits per heavy atom. The zero-order chi connectivity index (χ0) is 13.9. The Hall–Kier alpha value is -2.66. The van der Waals surface area contributed by atoms with Gasteiger partial charge >= 0.3 is 6.01 Å². The number of nitrogens with two attached hydrogens (primary N) is 1. The third kappa shape index (κ3) is 2.97. The predicted molar refractivity (Wildman–Crippen MR) is 68.3 cm³/mol. The Morgan fingerprint density at radius 3 is 2.79 bits per heavy atom. The lowest BCUT2D eigenvalue weighted by Gasteiger charge is -2.18. The molecule has 19 heavy (non-hydrogen) atoms. The molecule has 0 aliphatic heterocycles. The first-order valence-electron chi connectivity index (χ1n) is 5.43. The number of nitrogens with zero attached hydrogens (tertiary/aromatic N) is 5. The van der Waals surface area contributed by atoms with Gasteiger partial charge in [0.2, 0.25) is 5.95 Å². The van der Waals surface area contributed by atoms with Gasteiger partial charge < -0.3 is 4.74 Å². The normalized spacial score (nSPS) is 10.8. The molecule has 0 unspecified atom stereocenters. The van der Waals surface area contributed by atoms with Crippen LogP contribution in [0.2, 0.25) is 0 Å². The first kappa shape index (κ1) is 12.8. The Labute approximate surface area is 110 Å². The average molecular weight is 259 g/mol. The van der Waals surface area contributed by atoms with E-state index in [-0.39, 0.29) is 17.9 Å². The second-order valence-electron chi connectivity index (χ2n) is 4.09. The molecule has 98 valence electrons. The zero-order valence-corrected chi connectivity index (χ0v) is 10.5. The molecule has 2 heterocycles. The van der Waals surface area contributed by atoms with Crippen LogP contribution in [-0.2, 0) is 0 Å². The lowest BCUT2D eigenvalue weighted by molar-refractivity contribution is 0.156. The molecule has 0 fully saturated rings. The van der Waals surface area contributed by atoms with Gasteiger partial charge in [0, 0.05) is 12.4 Å². The van der Waals surface area contributed by atoms with Gasteiger partial charge in [0.15, 0.2) is 5.60 Å². The van der Waals surface area contributed by atoms with E-state index < -0.39 is 5.60 Å². The molecule has 0 amide bonds. The fourth-order valence-electron chi connectivity index (χ4n) is 1.20. The summed E-state index contributed by atoms with van der Waals surface area (Å²) in [6, 6.07) is 1.81. The summed E-state index contributed by atoms with van der Waals surface area (Å²) in [4.78, 5) is 12.2. The molecule has 0 saturated carbocycles. The maximum atomic E-state index is 5.50. The van der Waals surface area contributed by atoms with Crippen LogP contribution in [0.3, 0.4) is 0 Å². The van der Waals surface area contributed by atoms with Gasteiger partial charge in [-0.15, -0.1) is 6.42 Å². The smallest absolute Gasteiger partial charge is 0.324 e. The van der Waals surface area contributed by atoms with Crippen molar-refractivity contribution in [3.8, 4) is 24.3 Å².